The van der Waals surface area contributed by atoms with Crippen molar-refractivity contribution in [2.24, 2.45) is 0 Å². The predicted octanol–water partition coefficient (Wildman–Crippen LogP) is 2.38. The van der Waals surface area contributed by atoms with Crippen LogP contribution in [-0.2, 0) is 4.89 Å². The van der Waals surface area contributed by atoms with Crippen LogP contribution in [0.4, 0.5) is 0 Å². The summed E-state index contributed by atoms with van der Waals surface area (Å²) in [5, 5.41) is 17.3. The topological polar surface area (TPSA) is 49.7 Å². The Morgan fingerprint density at radius 1 is 1.07 bits per heavy atom. The van der Waals surface area contributed by atoms with E-state index >= 15 is 0 Å². The maximum atomic E-state index is 9.00. The molecule has 0 aliphatic carbocycles. The quantitative estimate of drug-likeness (QED) is 0.579. The minimum atomic E-state index is 0.161. The van der Waals surface area contributed by atoms with Crippen LogP contribution in [0.3, 0.4) is 0 Å². The minimum absolute atomic E-state index is 0.161. The molecule has 2 N–H and O–H groups in total. The van der Waals surface area contributed by atoms with E-state index in [1.807, 2.05) is 38.1 Å². The van der Waals surface area contributed by atoms with Crippen molar-refractivity contribution in [3.63, 3.8) is 0 Å². The number of aliphatic hydroxyl groups is 1. The van der Waals surface area contributed by atoms with Gasteiger partial charge in [0, 0.05) is 18.4 Å². The summed E-state index contributed by atoms with van der Waals surface area (Å²) in [7, 11) is 0. The maximum absolute atomic E-state index is 9.00. The Kier molecular flexibility index (Phi) is 4.75. The van der Waals surface area contributed by atoms with Crippen molar-refractivity contribution in [3.05, 3.63) is 35.4 Å². The Bertz CT molecular complexity index is 281. The maximum Gasteiger partial charge on any atom is 0.0885 e. The highest BCUT2D eigenvalue weighted by atomic mass is 17.1. The molecule has 0 heterocycles. The van der Waals surface area contributed by atoms with Crippen molar-refractivity contribution in [1.82, 2.24) is 0 Å². The predicted molar refractivity (Wildman–Crippen MR) is 58.9 cm³/mol. The van der Waals surface area contributed by atoms with Gasteiger partial charge in [-0.15, -0.1) is 0 Å². The second-order valence-corrected chi connectivity index (χ2v) is 3.95. The Morgan fingerprint density at radius 2 is 1.53 bits per heavy atom. The summed E-state index contributed by atoms with van der Waals surface area (Å²) in [5.74, 6) is 0.344. The molecule has 1 aromatic rings. The van der Waals surface area contributed by atoms with Crippen LogP contribution < -0.4 is 0 Å². The van der Waals surface area contributed by atoms with Crippen LogP contribution in [0.25, 0.3) is 0 Å². The van der Waals surface area contributed by atoms with Crippen LogP contribution in [0.15, 0.2) is 24.3 Å². The Labute approximate surface area is 90.3 Å². The van der Waals surface area contributed by atoms with Gasteiger partial charge in [-0.3, -0.25) is 5.26 Å². The van der Waals surface area contributed by atoms with E-state index in [1.165, 1.54) is 0 Å². The van der Waals surface area contributed by atoms with Crippen LogP contribution in [0.5, 0.6) is 0 Å². The third-order valence-electron chi connectivity index (χ3n) is 2.67. The zero-order valence-corrected chi connectivity index (χ0v) is 9.18. The van der Waals surface area contributed by atoms with Gasteiger partial charge >= 0.3 is 0 Å². The van der Waals surface area contributed by atoms with Crippen molar-refractivity contribution in [3.8, 4) is 0 Å². The number of rotatable bonds is 5. The molecule has 0 radical (unpaired) electrons. The van der Waals surface area contributed by atoms with E-state index in [0.29, 0.717) is 6.61 Å². The van der Waals surface area contributed by atoms with Gasteiger partial charge < -0.3 is 5.11 Å². The molecule has 0 fully saturated rings. The number of hydrogen-bond acceptors (Lipinski definition) is 3. The van der Waals surface area contributed by atoms with E-state index in [-0.39, 0.29) is 18.4 Å². The van der Waals surface area contributed by atoms with Crippen LogP contribution >= 0.6 is 0 Å². The summed E-state index contributed by atoms with van der Waals surface area (Å²) in [6.07, 6.45) is 0. The molecule has 0 spiro atoms. The fraction of sp³-hybridized carbons (Fsp3) is 0.500. The smallest absolute Gasteiger partial charge is 0.0885 e. The Morgan fingerprint density at radius 3 is 1.93 bits per heavy atom. The summed E-state index contributed by atoms with van der Waals surface area (Å²) in [6, 6.07) is 8.02. The fourth-order valence-corrected chi connectivity index (χ4v) is 1.47. The summed E-state index contributed by atoms with van der Waals surface area (Å²) in [5.41, 5.74) is 2.25. The highest BCUT2D eigenvalue weighted by Gasteiger charge is 2.07. The molecule has 0 aliphatic rings. The van der Waals surface area contributed by atoms with E-state index in [1.54, 1.807) is 0 Å². The fourth-order valence-electron chi connectivity index (χ4n) is 1.47. The molecule has 2 unspecified atom stereocenters. The zero-order valence-electron chi connectivity index (χ0n) is 9.18. The third-order valence-corrected chi connectivity index (χ3v) is 2.67. The monoisotopic (exact) mass is 210 g/mol. The molecule has 0 saturated carbocycles. The molecule has 1 aromatic carbocycles. The standard InChI is InChI=1S/C12H18O3/c1-9(7-13)11-3-5-12(6-4-11)10(2)8-15-14/h3-6,9-10,13-14H,7-8H2,1-2H3. The minimum Gasteiger partial charge on any atom is -0.396 e. The number of hydrogen-bond donors (Lipinski definition) is 2. The largest absolute Gasteiger partial charge is 0.396 e. The van der Waals surface area contributed by atoms with Gasteiger partial charge in [0.15, 0.2) is 0 Å². The van der Waals surface area contributed by atoms with E-state index in [0.717, 1.165) is 11.1 Å². The lowest BCUT2D eigenvalue weighted by atomic mass is 9.96. The average molecular weight is 210 g/mol. The van der Waals surface area contributed by atoms with E-state index in [9.17, 15) is 0 Å². The number of benzene rings is 1. The molecule has 1 rings (SSSR count). The molecule has 2 atom stereocenters. The van der Waals surface area contributed by atoms with Crippen molar-refractivity contribution >= 4 is 0 Å². The first kappa shape index (κ1) is 12.2. The van der Waals surface area contributed by atoms with Gasteiger partial charge in [0.25, 0.3) is 0 Å². The van der Waals surface area contributed by atoms with Crippen LogP contribution in [0.2, 0.25) is 0 Å². The molecule has 3 heteroatoms. The van der Waals surface area contributed by atoms with Gasteiger partial charge in [0.2, 0.25) is 0 Å². The second kappa shape index (κ2) is 5.85. The van der Waals surface area contributed by atoms with E-state index in [4.69, 9.17) is 10.4 Å². The van der Waals surface area contributed by atoms with Gasteiger partial charge in [-0.2, -0.15) is 0 Å². The van der Waals surface area contributed by atoms with Crippen molar-refractivity contribution < 1.29 is 15.3 Å². The van der Waals surface area contributed by atoms with Crippen LogP contribution in [0, 0.1) is 0 Å². The second-order valence-electron chi connectivity index (χ2n) is 3.95. The lowest BCUT2D eigenvalue weighted by Crippen LogP contribution is -2.03. The average Bonchev–Trinajstić information content (AvgIpc) is 2.28. The lowest BCUT2D eigenvalue weighted by molar-refractivity contribution is -0.245. The molecule has 0 saturated heterocycles. The van der Waals surface area contributed by atoms with E-state index < -0.39 is 0 Å². The highest BCUT2D eigenvalue weighted by Crippen LogP contribution is 2.20. The molecular weight excluding hydrogens is 192 g/mol. The normalized spacial score (nSPS) is 14.9. The van der Waals surface area contributed by atoms with Crippen LogP contribution in [0.1, 0.15) is 36.8 Å². The molecule has 3 nitrogen and oxygen atoms in total. The molecule has 0 bridgehead atoms. The van der Waals surface area contributed by atoms with Crippen molar-refractivity contribution in [2.45, 2.75) is 25.7 Å². The molecular formula is C12H18O3. The first-order chi connectivity index (χ1) is 7.19. The number of aliphatic hydroxyl groups excluding tert-OH is 1. The summed E-state index contributed by atoms with van der Waals surface area (Å²) < 4.78 is 0. The van der Waals surface area contributed by atoms with E-state index in [2.05, 4.69) is 4.89 Å². The summed E-state index contributed by atoms with van der Waals surface area (Å²) in [4.78, 5) is 4.12. The lowest BCUT2D eigenvalue weighted by Gasteiger charge is -2.12. The SMILES string of the molecule is CC(CO)c1ccc(C(C)COO)cc1. The summed E-state index contributed by atoms with van der Waals surface area (Å²) >= 11 is 0. The molecule has 0 aliphatic heterocycles. The molecule has 15 heavy (non-hydrogen) atoms. The molecule has 0 aromatic heterocycles. The first-order valence-electron chi connectivity index (χ1n) is 5.16. The summed E-state index contributed by atoms with van der Waals surface area (Å²) in [6.45, 7) is 4.43. The van der Waals surface area contributed by atoms with Crippen LogP contribution in [-0.4, -0.2) is 23.6 Å². The first-order valence-corrected chi connectivity index (χ1v) is 5.16. The van der Waals surface area contributed by atoms with Crippen molar-refractivity contribution in [1.29, 1.82) is 0 Å². The molecule has 84 valence electrons. The Balaban J connectivity index is 2.71. The van der Waals surface area contributed by atoms with Gasteiger partial charge in [0.05, 0.1) is 6.61 Å². The van der Waals surface area contributed by atoms with Gasteiger partial charge in [-0.25, -0.2) is 4.89 Å². The third kappa shape index (κ3) is 3.30. The zero-order chi connectivity index (χ0) is 11.3. The van der Waals surface area contributed by atoms with Crippen molar-refractivity contribution in [2.75, 3.05) is 13.2 Å². The Hall–Kier alpha value is -0.900. The van der Waals surface area contributed by atoms with Gasteiger partial charge in [-0.1, -0.05) is 38.1 Å². The highest BCUT2D eigenvalue weighted by molar-refractivity contribution is 5.27. The van der Waals surface area contributed by atoms with Gasteiger partial charge in [-0.05, 0) is 11.1 Å². The van der Waals surface area contributed by atoms with Gasteiger partial charge in [0.1, 0.15) is 0 Å². The molecule has 0 amide bonds.